The normalized spacial score (nSPS) is 22.2. The predicted molar refractivity (Wildman–Crippen MR) is 103 cm³/mol. The Morgan fingerprint density at radius 2 is 1.64 bits per heavy atom. The molecule has 1 saturated heterocycles. The Hall–Kier alpha value is -3.08. The van der Waals surface area contributed by atoms with E-state index in [1.807, 2.05) is 0 Å². The second-order valence-corrected chi connectivity index (χ2v) is 7.82. The summed E-state index contributed by atoms with van der Waals surface area (Å²) in [7, 11) is 0. The Bertz CT molecular complexity index is 1010. The summed E-state index contributed by atoms with van der Waals surface area (Å²) >= 11 is 0. The molecule has 1 aliphatic heterocycles. The van der Waals surface area contributed by atoms with Crippen molar-refractivity contribution in [1.29, 1.82) is 0 Å². The van der Waals surface area contributed by atoms with Crippen molar-refractivity contribution in [3.63, 3.8) is 0 Å². The molecule has 0 aliphatic carbocycles. The van der Waals surface area contributed by atoms with Gasteiger partial charge in [0.05, 0.1) is 29.4 Å². The lowest BCUT2D eigenvalue weighted by atomic mass is 9.86. The van der Waals surface area contributed by atoms with Crippen LogP contribution in [0.4, 0.5) is 26.3 Å². The van der Waals surface area contributed by atoms with Gasteiger partial charge in [0.25, 0.3) is 0 Å². The molecule has 3 rings (SSSR count). The van der Waals surface area contributed by atoms with E-state index in [-0.39, 0.29) is 24.7 Å². The van der Waals surface area contributed by atoms with Gasteiger partial charge in [0.1, 0.15) is 5.92 Å². The number of carboxylic acids is 1. The fraction of sp³-hybridized carbons (Fsp3) is 0.364. The minimum atomic E-state index is -5.00. The molecule has 0 saturated carbocycles. The van der Waals surface area contributed by atoms with E-state index in [0.717, 1.165) is 0 Å². The van der Waals surface area contributed by atoms with Gasteiger partial charge in [-0.1, -0.05) is 30.3 Å². The molecular weight excluding hydrogens is 456 g/mol. The summed E-state index contributed by atoms with van der Waals surface area (Å²) in [5.74, 6) is -3.50. The molecule has 2 aromatic rings. The number of carboxylic acid groups (broad SMARTS) is 1. The van der Waals surface area contributed by atoms with Gasteiger partial charge in [-0.3, -0.25) is 9.59 Å². The molecule has 0 spiro atoms. The Labute approximate surface area is 184 Å². The van der Waals surface area contributed by atoms with Crippen molar-refractivity contribution >= 4 is 11.9 Å². The van der Waals surface area contributed by atoms with E-state index in [0.29, 0.717) is 17.7 Å². The van der Waals surface area contributed by atoms with Gasteiger partial charge in [0.2, 0.25) is 5.91 Å². The zero-order valence-electron chi connectivity index (χ0n) is 17.1. The highest BCUT2D eigenvalue weighted by molar-refractivity contribution is 5.99. The van der Waals surface area contributed by atoms with Crippen LogP contribution < -0.4 is 5.32 Å². The van der Waals surface area contributed by atoms with Crippen LogP contribution in [0.1, 0.15) is 41.7 Å². The second-order valence-electron chi connectivity index (χ2n) is 7.82. The van der Waals surface area contributed by atoms with Crippen LogP contribution >= 0.6 is 0 Å². The van der Waals surface area contributed by atoms with Crippen molar-refractivity contribution in [1.82, 2.24) is 5.32 Å². The number of benzene rings is 2. The third-order valence-electron chi connectivity index (χ3n) is 5.52. The maximum Gasteiger partial charge on any atom is 0.416 e. The molecule has 0 bridgehead atoms. The molecule has 33 heavy (non-hydrogen) atoms. The number of hydrogen-bond donors (Lipinski definition) is 2. The summed E-state index contributed by atoms with van der Waals surface area (Å²) in [6.07, 6.45) is -11.4. The Kier molecular flexibility index (Phi) is 6.47. The highest BCUT2D eigenvalue weighted by atomic mass is 19.4. The van der Waals surface area contributed by atoms with Gasteiger partial charge in [-0.05, 0) is 42.7 Å². The van der Waals surface area contributed by atoms with Crippen LogP contribution in [-0.2, 0) is 32.2 Å². The van der Waals surface area contributed by atoms with E-state index in [1.54, 1.807) is 30.3 Å². The maximum atomic E-state index is 13.2. The van der Waals surface area contributed by atoms with Crippen molar-refractivity contribution in [2.45, 2.75) is 37.3 Å². The summed E-state index contributed by atoms with van der Waals surface area (Å²) in [5.41, 5.74) is -4.13. The number of halogens is 6. The van der Waals surface area contributed by atoms with Crippen molar-refractivity contribution in [2.75, 3.05) is 6.61 Å². The van der Waals surface area contributed by atoms with Gasteiger partial charge >= 0.3 is 18.3 Å². The standard InChI is InChI=1S/C22H19F6NO4/c1-12(13-7-15(21(23,24)25)9-16(8-13)22(26,27)28)33-11-20(14-5-3-2-4-6-14)10-17(19(31)32)18(30)29-20/h2-9,12,17H,10-11H2,1H3,(H,29,30)(H,31,32)/t12?,17?,20-/m1/s1. The first-order chi connectivity index (χ1) is 15.2. The van der Waals surface area contributed by atoms with Crippen LogP contribution in [0, 0.1) is 5.92 Å². The van der Waals surface area contributed by atoms with Gasteiger partial charge in [-0.15, -0.1) is 0 Å². The first-order valence-electron chi connectivity index (χ1n) is 9.74. The molecule has 1 amide bonds. The molecule has 1 aliphatic rings. The fourth-order valence-corrected chi connectivity index (χ4v) is 3.72. The van der Waals surface area contributed by atoms with Crippen LogP contribution in [-0.4, -0.2) is 23.6 Å². The third kappa shape index (κ3) is 5.29. The Balaban J connectivity index is 1.92. The van der Waals surface area contributed by atoms with Gasteiger partial charge < -0.3 is 15.2 Å². The highest BCUT2D eigenvalue weighted by Crippen LogP contribution is 2.40. The van der Waals surface area contributed by atoms with Crippen LogP contribution in [0.5, 0.6) is 0 Å². The maximum absolute atomic E-state index is 13.2. The van der Waals surface area contributed by atoms with Crippen LogP contribution in [0.25, 0.3) is 0 Å². The first kappa shape index (κ1) is 24.6. The average Bonchev–Trinajstić information content (AvgIpc) is 3.09. The van der Waals surface area contributed by atoms with Crippen molar-refractivity contribution in [3.8, 4) is 0 Å². The smallest absolute Gasteiger partial charge is 0.416 e. The number of carbonyl (C=O) groups is 2. The molecule has 2 N–H and O–H groups in total. The first-order valence-corrected chi connectivity index (χ1v) is 9.74. The Morgan fingerprint density at radius 3 is 2.09 bits per heavy atom. The van der Waals surface area contributed by atoms with Gasteiger partial charge in [0.15, 0.2) is 0 Å². The number of nitrogens with one attached hydrogen (secondary N) is 1. The number of rotatable bonds is 6. The zero-order valence-corrected chi connectivity index (χ0v) is 17.1. The highest BCUT2D eigenvalue weighted by Gasteiger charge is 2.49. The van der Waals surface area contributed by atoms with E-state index in [1.165, 1.54) is 6.92 Å². The summed E-state index contributed by atoms with van der Waals surface area (Å²) in [5, 5.41) is 11.9. The number of aliphatic carboxylic acids is 1. The summed E-state index contributed by atoms with van der Waals surface area (Å²) in [6.45, 7) is 0.908. The van der Waals surface area contributed by atoms with Gasteiger partial charge in [-0.25, -0.2) is 0 Å². The fourth-order valence-electron chi connectivity index (χ4n) is 3.72. The van der Waals surface area contributed by atoms with E-state index in [9.17, 15) is 41.0 Å². The van der Waals surface area contributed by atoms with Crippen molar-refractivity contribution in [2.24, 2.45) is 5.92 Å². The second kappa shape index (κ2) is 8.69. The van der Waals surface area contributed by atoms with E-state index in [2.05, 4.69) is 5.32 Å². The van der Waals surface area contributed by atoms with Gasteiger partial charge in [0, 0.05) is 0 Å². The van der Waals surface area contributed by atoms with Crippen molar-refractivity contribution < 1.29 is 45.8 Å². The van der Waals surface area contributed by atoms with E-state index >= 15 is 0 Å². The van der Waals surface area contributed by atoms with Crippen LogP contribution in [0.3, 0.4) is 0 Å². The molecule has 1 fully saturated rings. The molecular formula is C22H19F6NO4. The number of carbonyl (C=O) groups excluding carboxylic acids is 1. The Morgan fingerprint density at radius 1 is 1.09 bits per heavy atom. The molecule has 0 radical (unpaired) electrons. The zero-order chi connectivity index (χ0) is 24.6. The molecule has 1 heterocycles. The monoisotopic (exact) mass is 475 g/mol. The predicted octanol–water partition coefficient (Wildman–Crippen LogP) is 4.92. The van der Waals surface area contributed by atoms with E-state index < -0.39 is 52.9 Å². The molecule has 11 heteroatoms. The summed E-state index contributed by atoms with van der Waals surface area (Å²) in [6, 6.07) is 9.37. The molecule has 2 unspecified atom stereocenters. The minimum absolute atomic E-state index is 0.0241. The molecule has 178 valence electrons. The van der Waals surface area contributed by atoms with Gasteiger partial charge in [-0.2, -0.15) is 26.3 Å². The summed E-state index contributed by atoms with van der Waals surface area (Å²) < 4.78 is 84.6. The van der Waals surface area contributed by atoms with E-state index in [4.69, 9.17) is 4.74 Å². The lowest BCUT2D eigenvalue weighted by molar-refractivity contribution is -0.146. The van der Waals surface area contributed by atoms with Crippen LogP contribution in [0.2, 0.25) is 0 Å². The minimum Gasteiger partial charge on any atom is -0.481 e. The quantitative estimate of drug-likeness (QED) is 0.460. The lowest BCUT2D eigenvalue weighted by Gasteiger charge is -2.31. The number of alkyl halides is 6. The average molecular weight is 475 g/mol. The topological polar surface area (TPSA) is 75.6 Å². The third-order valence-corrected chi connectivity index (χ3v) is 5.52. The number of ether oxygens (including phenoxy) is 1. The number of amides is 1. The molecule has 0 aromatic heterocycles. The molecule has 2 aromatic carbocycles. The van der Waals surface area contributed by atoms with Crippen LogP contribution in [0.15, 0.2) is 48.5 Å². The lowest BCUT2D eigenvalue weighted by Crippen LogP contribution is -2.43. The molecule has 3 atom stereocenters. The number of hydrogen-bond acceptors (Lipinski definition) is 3. The largest absolute Gasteiger partial charge is 0.481 e. The summed E-state index contributed by atoms with van der Waals surface area (Å²) in [4.78, 5) is 23.7. The van der Waals surface area contributed by atoms with Crippen molar-refractivity contribution in [3.05, 3.63) is 70.8 Å². The SMILES string of the molecule is CC(OC[C@@]1(c2ccccc2)CC(C(=O)O)C(=O)N1)c1cc(C(F)(F)F)cc(C(F)(F)F)c1. The molecule has 5 nitrogen and oxygen atoms in total.